The van der Waals surface area contributed by atoms with E-state index in [0.717, 1.165) is 32.1 Å². The number of halogens is 1. The Morgan fingerprint density at radius 2 is 1.18 bits per heavy atom. The molecule has 0 aliphatic heterocycles. The molecule has 6 aromatic heterocycles. The van der Waals surface area contributed by atoms with Crippen molar-refractivity contribution in [1.82, 2.24) is 9.97 Å². The summed E-state index contributed by atoms with van der Waals surface area (Å²) in [6.07, 6.45) is 6.34. The Morgan fingerprint density at radius 3 is 1.62 bits per heavy atom. The van der Waals surface area contributed by atoms with Crippen LogP contribution in [0, 0.1) is 22.7 Å². The number of phenolic OH excluding ortho intramolecular Hbond substituents is 1. The molecule has 0 amide bonds. The van der Waals surface area contributed by atoms with Crippen LogP contribution in [0.25, 0.3) is 43.4 Å². The second kappa shape index (κ2) is 21.6. The number of pyridine rings is 2. The molecule has 16 heteroatoms. The summed E-state index contributed by atoms with van der Waals surface area (Å²) in [5, 5.41) is 31.9. The van der Waals surface area contributed by atoms with E-state index in [-0.39, 0.29) is 41.2 Å². The first-order chi connectivity index (χ1) is 28.7. The van der Waals surface area contributed by atoms with Crippen LogP contribution in [-0.4, -0.2) is 41.2 Å². The van der Waals surface area contributed by atoms with Crippen molar-refractivity contribution < 1.29 is 67.3 Å². The van der Waals surface area contributed by atoms with Crippen molar-refractivity contribution in [3.8, 4) is 72.9 Å². The van der Waals surface area contributed by atoms with Crippen molar-refractivity contribution in [1.29, 1.82) is 10.5 Å². The molecule has 60 heavy (non-hydrogen) atoms. The Kier molecular flexibility index (Phi) is 16.1. The molecule has 8 aromatic rings. The average Bonchev–Trinajstić information content (AvgIpc) is 4.13. The maximum atomic E-state index is 11.6. The van der Waals surface area contributed by atoms with Crippen LogP contribution in [0.2, 0.25) is 0 Å². The minimum absolute atomic E-state index is 0. The maximum absolute atomic E-state index is 11.6. The van der Waals surface area contributed by atoms with Crippen LogP contribution in [-0.2, 0) is 9.47 Å². The molecule has 8 rings (SSSR count). The summed E-state index contributed by atoms with van der Waals surface area (Å²) in [7, 11) is 2.64. The molecule has 0 bridgehead atoms. The number of carbonyl (C=O) groups excluding carboxylic acids is 2. The predicted molar refractivity (Wildman–Crippen MR) is 225 cm³/mol. The van der Waals surface area contributed by atoms with E-state index in [4.69, 9.17) is 23.4 Å². The first-order valence-electron chi connectivity index (χ1n) is 17.1. The second-order valence-corrected chi connectivity index (χ2v) is 14.5. The fourth-order valence-corrected chi connectivity index (χ4v) is 7.19. The summed E-state index contributed by atoms with van der Waals surface area (Å²) < 4.78 is 25.9. The molecule has 0 unspecified atom stereocenters. The number of nitrogens with zero attached hydrogens (tertiary/aromatic N) is 4. The van der Waals surface area contributed by atoms with Crippen molar-refractivity contribution in [2.45, 2.75) is 0 Å². The van der Waals surface area contributed by atoms with Crippen LogP contribution in [0.15, 0.2) is 146 Å². The van der Waals surface area contributed by atoms with E-state index in [1.54, 1.807) is 78.1 Å². The van der Waals surface area contributed by atoms with Crippen LogP contribution >= 0.6 is 38.6 Å². The van der Waals surface area contributed by atoms with Crippen LogP contribution < -0.4 is 34.3 Å². The third-order valence-corrected chi connectivity index (χ3v) is 10.5. The monoisotopic (exact) mass is 907 g/mol. The van der Waals surface area contributed by atoms with Gasteiger partial charge in [0.05, 0.1) is 77.1 Å². The Hall–Kier alpha value is -6.30. The summed E-state index contributed by atoms with van der Waals surface area (Å²) in [5.74, 6) is -0.0690. The number of furan rings is 2. The molecule has 0 radical (unpaired) electrons. The minimum atomic E-state index is -0.436. The molecule has 0 saturated carbocycles. The van der Waals surface area contributed by atoms with Gasteiger partial charge in [0.2, 0.25) is 5.88 Å². The van der Waals surface area contributed by atoms with E-state index in [0.29, 0.717) is 43.9 Å². The van der Waals surface area contributed by atoms with Gasteiger partial charge in [0.25, 0.3) is 0 Å². The molecule has 2 aromatic carbocycles. The zero-order valence-corrected chi connectivity index (χ0v) is 37.2. The maximum Gasteiger partial charge on any atom is 1.00 e. The molecule has 12 nitrogen and oxygen atoms in total. The van der Waals surface area contributed by atoms with Crippen molar-refractivity contribution in [2.75, 3.05) is 14.2 Å². The summed E-state index contributed by atoms with van der Waals surface area (Å²) >= 11 is 6.53. The number of aromatic nitrogens is 2. The molecular formula is C44H29BrN4NaO8S2+. The van der Waals surface area contributed by atoms with Crippen molar-refractivity contribution in [3.05, 3.63) is 160 Å². The van der Waals surface area contributed by atoms with Gasteiger partial charge in [-0.05, 0) is 112 Å². The predicted octanol–water partition coefficient (Wildman–Crippen LogP) is 8.41. The molecule has 0 spiro atoms. The van der Waals surface area contributed by atoms with Crippen molar-refractivity contribution >= 4 is 50.5 Å². The molecule has 0 atom stereocenters. The quantitative estimate of drug-likeness (QED) is 0.0875. The second-order valence-electron chi connectivity index (χ2n) is 11.8. The van der Waals surface area contributed by atoms with Gasteiger partial charge in [-0.1, -0.05) is 12.1 Å². The SMILES string of the molecule is COC(=O)c1ccc(O)cc1.COC(=O)c1ccc(Oc2nc(-c3cccs3)cc(-c3ccoc3)c2C#N)cc1.N#Cc1c(-c2ccoc2)cc(-c2cccs2)nc1Br.[Na+]. The fraction of sp³-hybridized carbons (Fsp3) is 0.0455. The molecule has 6 heterocycles. The Labute approximate surface area is 382 Å². The number of esters is 2. The largest absolute Gasteiger partial charge is 1.00 e. The van der Waals surface area contributed by atoms with Crippen LogP contribution in [0.5, 0.6) is 17.4 Å². The van der Waals surface area contributed by atoms with Gasteiger partial charge in [-0.25, -0.2) is 19.6 Å². The number of thiophene rings is 2. The van der Waals surface area contributed by atoms with Gasteiger partial charge in [-0.15, -0.1) is 22.7 Å². The molecule has 0 saturated heterocycles. The first-order valence-corrected chi connectivity index (χ1v) is 19.7. The van der Waals surface area contributed by atoms with E-state index < -0.39 is 11.9 Å². The number of ether oxygens (including phenoxy) is 3. The number of nitriles is 2. The fourth-order valence-electron chi connectivity index (χ4n) is 5.32. The molecule has 0 aliphatic carbocycles. The van der Waals surface area contributed by atoms with Gasteiger partial charge < -0.3 is 28.2 Å². The average molecular weight is 909 g/mol. The zero-order valence-electron chi connectivity index (χ0n) is 32.0. The Balaban J connectivity index is 0.000000189. The zero-order chi connectivity index (χ0) is 41.7. The number of hydrogen-bond acceptors (Lipinski definition) is 14. The number of benzene rings is 2. The van der Waals surface area contributed by atoms with Crippen LogP contribution in [0.1, 0.15) is 31.8 Å². The smallest absolute Gasteiger partial charge is 0.508 e. The van der Waals surface area contributed by atoms with E-state index in [9.17, 15) is 20.1 Å². The third kappa shape index (κ3) is 11.0. The molecule has 1 N–H and O–H groups in total. The molecule has 0 aliphatic rings. The van der Waals surface area contributed by atoms with Gasteiger partial charge in [-0.2, -0.15) is 10.5 Å². The normalized spacial score (nSPS) is 9.95. The number of methoxy groups -OCH3 is 2. The standard InChI is InChI=1S/C22H14N2O4S.C14H7BrN2OS.C8H8O3.Na/c1-26-22(25)14-4-6-16(7-5-14)28-21-18(12-23)17(15-8-9-27-13-15)11-19(24-21)20-3-2-10-29-20;15-14-11(7-16)10(9-3-4-18-8-9)6-12(17-14)13-2-1-5-19-13;1-11-8(10)6-2-4-7(9)5-3-6;/h2-11,13H,1H3;1-6,8H;2-5,9H,1H3;/q;;;+1. The van der Waals surface area contributed by atoms with Gasteiger partial charge in [-0.3, -0.25) is 0 Å². The van der Waals surface area contributed by atoms with E-state index >= 15 is 0 Å². The first kappa shape index (κ1) is 44.8. The van der Waals surface area contributed by atoms with Gasteiger partial charge in [0.1, 0.15) is 33.8 Å². The summed E-state index contributed by atoms with van der Waals surface area (Å²) in [6.45, 7) is 0. The van der Waals surface area contributed by atoms with E-state index in [1.807, 2.05) is 53.2 Å². The van der Waals surface area contributed by atoms with Crippen LogP contribution in [0.4, 0.5) is 0 Å². The van der Waals surface area contributed by atoms with Gasteiger partial charge >= 0.3 is 41.5 Å². The number of aromatic hydroxyl groups is 1. The summed E-state index contributed by atoms with van der Waals surface area (Å²) in [5.41, 5.74) is 6.30. The minimum Gasteiger partial charge on any atom is -0.508 e. The number of carbonyl (C=O) groups is 2. The number of hydrogen-bond donors (Lipinski definition) is 1. The number of phenols is 1. The van der Waals surface area contributed by atoms with Gasteiger partial charge in [0.15, 0.2) is 0 Å². The topological polar surface area (TPSA) is 182 Å². The molecule has 292 valence electrons. The van der Waals surface area contributed by atoms with Crippen molar-refractivity contribution in [2.24, 2.45) is 0 Å². The third-order valence-electron chi connectivity index (χ3n) is 8.18. The summed E-state index contributed by atoms with van der Waals surface area (Å²) in [4.78, 5) is 33.4. The Morgan fingerprint density at radius 1 is 0.700 bits per heavy atom. The Bertz CT molecular complexity index is 2730. The van der Waals surface area contributed by atoms with E-state index in [2.05, 4.69) is 42.8 Å². The van der Waals surface area contributed by atoms with Crippen LogP contribution in [0.3, 0.4) is 0 Å². The van der Waals surface area contributed by atoms with Crippen molar-refractivity contribution in [3.63, 3.8) is 0 Å². The van der Waals surface area contributed by atoms with Gasteiger partial charge in [0, 0.05) is 22.3 Å². The summed E-state index contributed by atoms with van der Waals surface area (Å²) in [6, 6.07) is 31.9. The van der Waals surface area contributed by atoms with E-state index in [1.165, 1.54) is 38.5 Å². The number of rotatable bonds is 8. The molecular weight excluding hydrogens is 880 g/mol. The molecule has 0 fully saturated rings.